The fourth-order valence-corrected chi connectivity index (χ4v) is 9.51. The number of aliphatic hydroxyl groups excluding tert-OH is 2. The van der Waals surface area contributed by atoms with Gasteiger partial charge in [0.1, 0.15) is 11.9 Å². The Morgan fingerprint density at radius 2 is 1.66 bits per heavy atom. The highest BCUT2D eigenvalue weighted by molar-refractivity contribution is 6.00. The lowest BCUT2D eigenvalue weighted by atomic mass is 9.41. The lowest BCUT2D eigenvalue weighted by molar-refractivity contribution is -0.155. The molecule has 3 fully saturated rings. The predicted octanol–water partition coefficient (Wildman–Crippen LogP) is 4.86. The van der Waals surface area contributed by atoms with Crippen LogP contribution in [0.2, 0.25) is 0 Å². The van der Waals surface area contributed by atoms with Crippen LogP contribution in [0.1, 0.15) is 100 Å². The highest BCUT2D eigenvalue weighted by atomic mass is 16.4. The van der Waals surface area contributed by atoms with Crippen LogP contribution in [0.5, 0.6) is 0 Å². The first-order valence-electron chi connectivity index (χ1n) is 13.8. The van der Waals surface area contributed by atoms with Crippen molar-refractivity contribution >= 4 is 11.6 Å². The Kier molecular flexibility index (Phi) is 6.35. The summed E-state index contributed by atoms with van der Waals surface area (Å²) in [5, 5.41) is 31.3. The van der Waals surface area contributed by atoms with Crippen LogP contribution in [-0.2, 0) is 9.59 Å². The lowest BCUT2D eigenvalue weighted by Gasteiger charge is -2.62. The van der Waals surface area contributed by atoms with Gasteiger partial charge in [-0.3, -0.25) is 9.59 Å². The molecule has 5 nitrogen and oxygen atoms in total. The minimum atomic E-state index is -1.35. The molecule has 0 aliphatic heterocycles. The van der Waals surface area contributed by atoms with Crippen LogP contribution in [0.3, 0.4) is 0 Å². The Labute approximate surface area is 211 Å². The van der Waals surface area contributed by atoms with Crippen LogP contribution in [0.15, 0.2) is 11.6 Å². The van der Waals surface area contributed by atoms with Crippen molar-refractivity contribution in [3.8, 4) is 0 Å². The Morgan fingerprint density at radius 3 is 2.26 bits per heavy atom. The summed E-state index contributed by atoms with van der Waals surface area (Å²) in [5.41, 5.74) is -0.925. The highest BCUT2D eigenvalue weighted by Crippen LogP contribution is 2.72. The zero-order valence-corrected chi connectivity index (χ0v) is 23.1. The number of hydrogen-bond acceptors (Lipinski definition) is 5. The number of fused-ring (bicyclic) bond motifs is 5. The molecular formula is C30H48O5. The molecule has 0 heterocycles. The van der Waals surface area contributed by atoms with Gasteiger partial charge in [-0.15, -0.1) is 0 Å². The Hall–Kier alpha value is -1.04. The number of ketones is 2. The molecule has 3 N–H and O–H groups in total. The second-order valence-corrected chi connectivity index (χ2v) is 14.5. The molecule has 0 aromatic carbocycles. The topological polar surface area (TPSA) is 94.8 Å². The van der Waals surface area contributed by atoms with E-state index in [1.165, 1.54) is 19.4 Å². The summed E-state index contributed by atoms with van der Waals surface area (Å²) in [5.74, 6) is 0.990. The third-order valence-corrected chi connectivity index (χ3v) is 11.8. The van der Waals surface area contributed by atoms with Crippen LogP contribution in [0.4, 0.5) is 0 Å². The van der Waals surface area contributed by atoms with Crippen LogP contribution >= 0.6 is 0 Å². The molecule has 0 amide bonds. The van der Waals surface area contributed by atoms with Crippen LogP contribution in [0, 0.1) is 45.3 Å². The first-order chi connectivity index (χ1) is 15.9. The van der Waals surface area contributed by atoms with Gasteiger partial charge in [0.2, 0.25) is 0 Å². The zero-order chi connectivity index (χ0) is 26.4. The molecule has 0 radical (unpaired) electrons. The Balaban J connectivity index is 1.65. The van der Waals surface area contributed by atoms with E-state index in [-0.39, 0.29) is 39.6 Å². The third-order valence-electron chi connectivity index (χ3n) is 11.8. The summed E-state index contributed by atoms with van der Waals surface area (Å²) in [6.45, 7) is 16.2. The molecule has 35 heavy (non-hydrogen) atoms. The van der Waals surface area contributed by atoms with Crippen molar-refractivity contribution in [2.24, 2.45) is 45.3 Å². The molecule has 9 atom stereocenters. The first-order valence-corrected chi connectivity index (χ1v) is 13.8. The monoisotopic (exact) mass is 488 g/mol. The average Bonchev–Trinajstić information content (AvgIpc) is 3.01. The van der Waals surface area contributed by atoms with Crippen molar-refractivity contribution in [1.29, 1.82) is 0 Å². The maximum Gasteiger partial charge on any atom is 0.160 e. The Bertz CT molecular complexity index is 928. The minimum absolute atomic E-state index is 0.00235. The van der Waals surface area contributed by atoms with Crippen molar-refractivity contribution in [2.45, 2.75) is 118 Å². The van der Waals surface area contributed by atoms with E-state index in [1.54, 1.807) is 0 Å². The number of rotatable bonds is 5. The molecule has 198 valence electrons. The highest BCUT2D eigenvalue weighted by Gasteiger charge is 2.67. The molecule has 4 aliphatic rings. The summed E-state index contributed by atoms with van der Waals surface area (Å²) < 4.78 is 0. The maximum absolute atomic E-state index is 13.7. The molecule has 0 aromatic rings. The second kappa shape index (κ2) is 8.23. The molecular weight excluding hydrogens is 440 g/mol. The standard InChI is InChI=1S/C30H48O5/c1-17(15-22(32)25(34)27(4,5)35)18-9-13-30(8)20-16-21(31)24-26(2,3)23(33)11-12-28(24,6)19(20)10-14-29(18,30)7/h16-19,22,24-25,32,34-35H,9-15H2,1-8H3. The summed E-state index contributed by atoms with van der Waals surface area (Å²) in [4.78, 5) is 26.5. The van der Waals surface area contributed by atoms with Crippen LogP contribution in [0.25, 0.3) is 0 Å². The number of aliphatic hydroxyl groups is 3. The number of hydrogen-bond donors (Lipinski definition) is 3. The van der Waals surface area contributed by atoms with E-state index in [4.69, 9.17) is 0 Å². The van der Waals surface area contributed by atoms with E-state index in [0.29, 0.717) is 24.7 Å². The van der Waals surface area contributed by atoms with Gasteiger partial charge in [-0.25, -0.2) is 0 Å². The molecule has 0 bridgehead atoms. The fraction of sp³-hybridized carbons (Fsp3) is 0.867. The number of carbonyl (C=O) groups is 2. The van der Waals surface area contributed by atoms with Gasteiger partial charge in [0.25, 0.3) is 0 Å². The SMILES string of the molecule is CC(CC(O)C(O)C(C)(C)O)C1CCC2(C)C3=CC(=O)C4C(C)(C)C(=O)CCC4(C)C3CCC12C. The average molecular weight is 489 g/mol. The van der Waals surface area contributed by atoms with Gasteiger partial charge in [0.05, 0.1) is 11.7 Å². The van der Waals surface area contributed by atoms with Crippen molar-refractivity contribution in [1.82, 2.24) is 0 Å². The van der Waals surface area contributed by atoms with Crippen LogP contribution in [-0.4, -0.2) is 44.7 Å². The molecule has 3 saturated carbocycles. The maximum atomic E-state index is 13.7. The van der Waals surface area contributed by atoms with Gasteiger partial charge in [0, 0.05) is 17.8 Å². The van der Waals surface area contributed by atoms with E-state index < -0.39 is 23.2 Å². The number of carbonyl (C=O) groups excluding carboxylic acids is 2. The van der Waals surface area contributed by atoms with Gasteiger partial charge in [-0.2, -0.15) is 0 Å². The second-order valence-electron chi connectivity index (χ2n) is 14.5. The fourth-order valence-electron chi connectivity index (χ4n) is 9.51. The van der Waals surface area contributed by atoms with Crippen LogP contribution < -0.4 is 0 Å². The van der Waals surface area contributed by atoms with Crippen molar-refractivity contribution in [2.75, 3.05) is 0 Å². The lowest BCUT2D eigenvalue weighted by Crippen LogP contribution is -2.59. The summed E-state index contributed by atoms with van der Waals surface area (Å²) >= 11 is 0. The van der Waals surface area contributed by atoms with E-state index >= 15 is 0 Å². The third kappa shape index (κ3) is 3.74. The molecule has 0 saturated heterocycles. The Morgan fingerprint density at radius 1 is 1.03 bits per heavy atom. The van der Waals surface area contributed by atoms with Crippen molar-refractivity contribution in [3.63, 3.8) is 0 Å². The van der Waals surface area contributed by atoms with E-state index in [0.717, 1.165) is 32.1 Å². The van der Waals surface area contributed by atoms with Gasteiger partial charge in [0.15, 0.2) is 5.78 Å². The van der Waals surface area contributed by atoms with Gasteiger partial charge >= 0.3 is 0 Å². The van der Waals surface area contributed by atoms with Gasteiger partial charge in [-0.05, 0) is 92.4 Å². The van der Waals surface area contributed by atoms with Gasteiger partial charge < -0.3 is 15.3 Å². The number of allylic oxidation sites excluding steroid dienone is 2. The number of Topliss-reactive ketones (excluding diaryl/α,β-unsaturated/α-hetero) is 1. The van der Waals surface area contributed by atoms with E-state index in [2.05, 4.69) is 27.7 Å². The molecule has 0 spiro atoms. The smallest absolute Gasteiger partial charge is 0.160 e. The normalized spacial score (nSPS) is 43.5. The largest absolute Gasteiger partial charge is 0.390 e. The quantitative estimate of drug-likeness (QED) is 0.514. The molecule has 4 rings (SSSR count). The minimum Gasteiger partial charge on any atom is -0.390 e. The zero-order valence-electron chi connectivity index (χ0n) is 23.1. The predicted molar refractivity (Wildman–Crippen MR) is 136 cm³/mol. The summed E-state index contributed by atoms with van der Waals surface area (Å²) in [6, 6.07) is 0. The van der Waals surface area contributed by atoms with E-state index in [9.17, 15) is 24.9 Å². The molecule has 0 aromatic heterocycles. The molecule has 9 unspecified atom stereocenters. The van der Waals surface area contributed by atoms with Gasteiger partial charge in [-0.1, -0.05) is 47.1 Å². The summed E-state index contributed by atoms with van der Waals surface area (Å²) in [6.07, 6.45) is 5.73. The van der Waals surface area contributed by atoms with Crippen molar-refractivity contribution in [3.05, 3.63) is 11.6 Å². The van der Waals surface area contributed by atoms with Crippen molar-refractivity contribution < 1.29 is 24.9 Å². The molecule has 5 heteroatoms. The summed E-state index contributed by atoms with van der Waals surface area (Å²) in [7, 11) is 0. The molecule has 4 aliphatic carbocycles. The first kappa shape index (κ1) is 27.0. The van der Waals surface area contributed by atoms with E-state index in [1.807, 2.05) is 19.9 Å².